The summed E-state index contributed by atoms with van der Waals surface area (Å²) in [7, 11) is 3.60. The Bertz CT molecular complexity index is 468. The van der Waals surface area contributed by atoms with Gasteiger partial charge in [0, 0.05) is 17.5 Å². The smallest absolute Gasteiger partial charge is 0.128 e. The molecule has 1 aromatic carbocycles. The quantitative estimate of drug-likeness (QED) is 0.882. The first-order valence-electron chi connectivity index (χ1n) is 5.07. The topological polar surface area (TPSA) is 34.2 Å². The molecule has 0 spiro atoms. The van der Waals surface area contributed by atoms with Crippen molar-refractivity contribution in [1.82, 2.24) is 10.3 Å². The van der Waals surface area contributed by atoms with Gasteiger partial charge in [0.1, 0.15) is 10.8 Å². The van der Waals surface area contributed by atoms with Crippen LogP contribution in [-0.2, 0) is 6.54 Å². The van der Waals surface area contributed by atoms with Crippen LogP contribution in [0.1, 0.15) is 5.01 Å². The van der Waals surface area contributed by atoms with Crippen LogP contribution in [-0.4, -0.2) is 19.1 Å². The minimum absolute atomic E-state index is 0.805. The molecule has 0 saturated heterocycles. The van der Waals surface area contributed by atoms with E-state index in [0.29, 0.717) is 0 Å². The summed E-state index contributed by atoms with van der Waals surface area (Å²) in [5.41, 5.74) is 2.02. The van der Waals surface area contributed by atoms with Crippen LogP contribution in [0.5, 0.6) is 5.75 Å². The zero-order valence-corrected chi connectivity index (χ0v) is 10.2. The molecule has 1 aromatic heterocycles. The van der Waals surface area contributed by atoms with Crippen LogP contribution in [0.3, 0.4) is 0 Å². The van der Waals surface area contributed by atoms with E-state index in [2.05, 4.69) is 15.7 Å². The third-order valence-corrected chi connectivity index (χ3v) is 3.11. The van der Waals surface area contributed by atoms with Gasteiger partial charge in [-0.05, 0) is 19.2 Å². The van der Waals surface area contributed by atoms with Crippen LogP contribution in [0.2, 0.25) is 0 Å². The summed E-state index contributed by atoms with van der Waals surface area (Å²) >= 11 is 1.66. The number of rotatable bonds is 4. The Hall–Kier alpha value is -1.39. The number of thiazole rings is 1. The Kier molecular flexibility index (Phi) is 3.54. The van der Waals surface area contributed by atoms with E-state index in [1.165, 1.54) is 0 Å². The number of benzene rings is 1. The molecule has 4 heteroatoms. The van der Waals surface area contributed by atoms with Gasteiger partial charge in [-0.2, -0.15) is 0 Å². The average Bonchev–Trinajstić information content (AvgIpc) is 2.78. The zero-order chi connectivity index (χ0) is 11.4. The Labute approximate surface area is 99.1 Å². The highest BCUT2D eigenvalue weighted by Gasteiger charge is 2.08. The predicted molar refractivity (Wildman–Crippen MR) is 66.9 cm³/mol. The second-order valence-corrected chi connectivity index (χ2v) is 4.30. The van der Waals surface area contributed by atoms with E-state index in [-0.39, 0.29) is 0 Å². The van der Waals surface area contributed by atoms with Crippen molar-refractivity contribution in [2.24, 2.45) is 0 Å². The Morgan fingerprint density at radius 2 is 2.19 bits per heavy atom. The SMILES string of the molecule is CNCc1nc(-c2ccccc2OC)cs1. The molecule has 16 heavy (non-hydrogen) atoms. The van der Waals surface area contributed by atoms with Crippen molar-refractivity contribution in [2.45, 2.75) is 6.54 Å². The molecule has 0 radical (unpaired) electrons. The van der Waals surface area contributed by atoms with Crippen LogP contribution in [0.15, 0.2) is 29.6 Å². The lowest BCUT2D eigenvalue weighted by molar-refractivity contribution is 0.416. The Morgan fingerprint density at radius 3 is 2.94 bits per heavy atom. The number of methoxy groups -OCH3 is 1. The Balaban J connectivity index is 2.34. The van der Waals surface area contributed by atoms with Gasteiger partial charge >= 0.3 is 0 Å². The first-order valence-corrected chi connectivity index (χ1v) is 5.95. The second kappa shape index (κ2) is 5.09. The highest BCUT2D eigenvalue weighted by atomic mass is 32.1. The number of para-hydroxylation sites is 1. The highest BCUT2D eigenvalue weighted by molar-refractivity contribution is 7.09. The summed E-state index contributed by atoms with van der Waals surface area (Å²) < 4.78 is 5.32. The largest absolute Gasteiger partial charge is 0.496 e. The summed E-state index contributed by atoms with van der Waals surface area (Å²) in [6.07, 6.45) is 0. The van der Waals surface area contributed by atoms with E-state index < -0.39 is 0 Å². The predicted octanol–water partition coefficient (Wildman–Crippen LogP) is 2.54. The third-order valence-electron chi connectivity index (χ3n) is 2.26. The molecule has 0 saturated carbocycles. The monoisotopic (exact) mass is 234 g/mol. The number of nitrogens with one attached hydrogen (secondary N) is 1. The number of hydrogen-bond donors (Lipinski definition) is 1. The fourth-order valence-electron chi connectivity index (χ4n) is 1.52. The van der Waals surface area contributed by atoms with Crippen molar-refractivity contribution in [3.63, 3.8) is 0 Å². The Morgan fingerprint density at radius 1 is 1.38 bits per heavy atom. The van der Waals surface area contributed by atoms with Gasteiger partial charge < -0.3 is 10.1 Å². The molecule has 3 nitrogen and oxygen atoms in total. The van der Waals surface area contributed by atoms with Crippen LogP contribution in [0.4, 0.5) is 0 Å². The number of hydrogen-bond acceptors (Lipinski definition) is 4. The van der Waals surface area contributed by atoms with Crippen molar-refractivity contribution in [3.05, 3.63) is 34.7 Å². The van der Waals surface area contributed by atoms with Crippen LogP contribution in [0.25, 0.3) is 11.3 Å². The lowest BCUT2D eigenvalue weighted by Gasteiger charge is -2.04. The first kappa shape index (κ1) is 11.1. The van der Waals surface area contributed by atoms with Crippen molar-refractivity contribution in [3.8, 4) is 17.0 Å². The summed E-state index contributed by atoms with van der Waals surface area (Å²) in [5.74, 6) is 0.865. The minimum atomic E-state index is 0.805. The van der Waals surface area contributed by atoms with Crippen LogP contribution < -0.4 is 10.1 Å². The summed E-state index contributed by atoms with van der Waals surface area (Å²) in [6, 6.07) is 7.93. The van der Waals surface area contributed by atoms with Gasteiger partial charge in [0.2, 0.25) is 0 Å². The molecule has 0 amide bonds. The van der Waals surface area contributed by atoms with Crippen molar-refractivity contribution in [1.29, 1.82) is 0 Å². The maximum atomic E-state index is 5.32. The molecular weight excluding hydrogens is 220 g/mol. The van der Waals surface area contributed by atoms with Crippen LogP contribution in [0, 0.1) is 0 Å². The molecule has 0 fully saturated rings. The lowest BCUT2D eigenvalue weighted by atomic mass is 10.1. The molecule has 2 rings (SSSR count). The normalized spacial score (nSPS) is 10.4. The molecule has 0 unspecified atom stereocenters. The highest BCUT2D eigenvalue weighted by Crippen LogP contribution is 2.30. The van der Waals surface area contributed by atoms with Crippen LogP contribution >= 0.6 is 11.3 Å². The van der Waals surface area contributed by atoms with Crippen molar-refractivity contribution >= 4 is 11.3 Å². The van der Waals surface area contributed by atoms with E-state index in [1.807, 2.05) is 31.3 Å². The molecule has 0 aliphatic rings. The summed E-state index contributed by atoms with van der Waals surface area (Å²) in [6.45, 7) is 0.805. The van der Waals surface area contributed by atoms with Gasteiger partial charge in [-0.1, -0.05) is 12.1 Å². The fraction of sp³-hybridized carbons (Fsp3) is 0.250. The zero-order valence-electron chi connectivity index (χ0n) is 9.36. The molecule has 0 aliphatic heterocycles. The first-order chi connectivity index (χ1) is 7.85. The van der Waals surface area contributed by atoms with Gasteiger partial charge in [0.25, 0.3) is 0 Å². The summed E-state index contributed by atoms with van der Waals surface area (Å²) in [4.78, 5) is 4.55. The van der Waals surface area contributed by atoms with Gasteiger partial charge in [-0.15, -0.1) is 11.3 Å². The third kappa shape index (κ3) is 2.23. The number of ether oxygens (including phenoxy) is 1. The van der Waals surface area contributed by atoms with Gasteiger partial charge in [0.05, 0.1) is 12.8 Å². The van der Waals surface area contributed by atoms with Gasteiger partial charge in [-0.3, -0.25) is 0 Å². The van der Waals surface area contributed by atoms with E-state index in [1.54, 1.807) is 18.4 Å². The van der Waals surface area contributed by atoms with E-state index in [4.69, 9.17) is 4.74 Å². The summed E-state index contributed by atoms with van der Waals surface area (Å²) in [5, 5.41) is 6.24. The maximum Gasteiger partial charge on any atom is 0.128 e. The van der Waals surface area contributed by atoms with Gasteiger partial charge in [-0.25, -0.2) is 4.98 Å². The van der Waals surface area contributed by atoms with Gasteiger partial charge in [0.15, 0.2) is 0 Å². The number of nitrogens with zero attached hydrogens (tertiary/aromatic N) is 1. The standard InChI is InChI=1S/C12H14N2OS/c1-13-7-12-14-10(8-16-12)9-5-3-4-6-11(9)15-2/h3-6,8,13H,7H2,1-2H3. The molecule has 0 aliphatic carbocycles. The minimum Gasteiger partial charge on any atom is -0.496 e. The molecule has 84 valence electrons. The van der Waals surface area contributed by atoms with Crippen molar-refractivity contribution < 1.29 is 4.74 Å². The van der Waals surface area contributed by atoms with E-state index in [0.717, 1.165) is 28.6 Å². The molecule has 0 bridgehead atoms. The fourth-order valence-corrected chi connectivity index (χ4v) is 2.33. The molecule has 1 heterocycles. The molecule has 1 N–H and O–H groups in total. The maximum absolute atomic E-state index is 5.32. The second-order valence-electron chi connectivity index (χ2n) is 3.36. The average molecular weight is 234 g/mol. The molecule has 0 atom stereocenters. The number of aromatic nitrogens is 1. The van der Waals surface area contributed by atoms with E-state index >= 15 is 0 Å². The molecular formula is C12H14N2OS. The lowest BCUT2D eigenvalue weighted by Crippen LogP contribution is -2.04. The molecule has 2 aromatic rings. The van der Waals surface area contributed by atoms with E-state index in [9.17, 15) is 0 Å². The van der Waals surface area contributed by atoms with Crippen molar-refractivity contribution in [2.75, 3.05) is 14.2 Å².